The van der Waals surface area contributed by atoms with Gasteiger partial charge in [-0.3, -0.25) is 0 Å². The zero-order valence-corrected chi connectivity index (χ0v) is 23.6. The molecule has 0 unspecified atom stereocenters. The average molecular weight is 545 g/mol. The molecule has 0 saturated carbocycles. The van der Waals surface area contributed by atoms with Crippen LogP contribution in [0.15, 0.2) is 114 Å². The van der Waals surface area contributed by atoms with Crippen LogP contribution in [0.25, 0.3) is 11.1 Å². The molecule has 0 bridgehead atoms. The molecule has 180 valence electrons. The number of hydrogen-bond donors (Lipinski definition) is 0. The predicted molar refractivity (Wildman–Crippen MR) is 156 cm³/mol. The molecule has 35 heavy (non-hydrogen) atoms. The quantitative estimate of drug-likeness (QED) is 0.219. The Bertz CT molecular complexity index is 1160. The van der Waals surface area contributed by atoms with E-state index in [9.17, 15) is 0 Å². The van der Waals surface area contributed by atoms with E-state index in [4.69, 9.17) is 4.43 Å². The molecule has 2 nitrogen and oxygen atoms in total. The second-order valence-electron chi connectivity index (χ2n) is 9.99. The highest BCUT2D eigenvalue weighted by molar-refractivity contribution is 9.10. The highest BCUT2D eigenvalue weighted by Gasteiger charge is 2.50. The number of anilines is 1. The van der Waals surface area contributed by atoms with Gasteiger partial charge >= 0.3 is 0 Å². The number of rotatable bonds is 8. The molecule has 0 aliphatic carbocycles. The van der Waals surface area contributed by atoms with Crippen molar-refractivity contribution in [1.82, 2.24) is 0 Å². The molecular weight excluding hydrogens is 510 g/mol. The first-order valence-corrected chi connectivity index (χ1v) is 14.8. The van der Waals surface area contributed by atoms with Gasteiger partial charge in [0.25, 0.3) is 8.32 Å². The predicted octanol–water partition coefficient (Wildman–Crippen LogP) is 7.13. The summed E-state index contributed by atoms with van der Waals surface area (Å²) in [6.45, 7) is 8.46. The first-order chi connectivity index (χ1) is 16.8. The maximum Gasteiger partial charge on any atom is 0.261 e. The second kappa shape index (κ2) is 10.9. The fourth-order valence-corrected chi connectivity index (χ4v) is 9.59. The highest BCUT2D eigenvalue weighted by Crippen LogP contribution is 2.36. The number of benzene rings is 4. The van der Waals surface area contributed by atoms with Crippen LogP contribution < -0.4 is 15.3 Å². The summed E-state index contributed by atoms with van der Waals surface area (Å²) in [6.07, 6.45) is 0. The van der Waals surface area contributed by atoms with E-state index in [0.717, 1.165) is 11.0 Å². The lowest BCUT2D eigenvalue weighted by Gasteiger charge is -2.43. The zero-order valence-electron chi connectivity index (χ0n) is 21.0. The molecule has 4 aromatic rings. The van der Waals surface area contributed by atoms with Crippen LogP contribution in [0.3, 0.4) is 0 Å². The molecule has 0 radical (unpaired) electrons. The third-order valence-electron chi connectivity index (χ3n) is 6.65. The summed E-state index contributed by atoms with van der Waals surface area (Å²) in [4.78, 5) is 2.28. The van der Waals surface area contributed by atoms with Crippen molar-refractivity contribution in [1.29, 1.82) is 0 Å². The molecule has 0 aromatic heterocycles. The van der Waals surface area contributed by atoms with Crippen LogP contribution in [0.1, 0.15) is 20.8 Å². The molecule has 4 rings (SSSR count). The van der Waals surface area contributed by atoms with Crippen molar-refractivity contribution in [2.24, 2.45) is 0 Å². The first kappa shape index (κ1) is 25.4. The minimum atomic E-state index is -2.51. The van der Waals surface area contributed by atoms with Gasteiger partial charge in [-0.2, -0.15) is 0 Å². The fraction of sp³-hybridized carbons (Fsp3) is 0.226. The van der Waals surface area contributed by atoms with Crippen LogP contribution in [-0.4, -0.2) is 28.5 Å². The number of nitrogens with zero attached hydrogens (tertiary/aromatic N) is 1. The number of likely N-dealkylation sites (N-methyl/N-ethyl adjacent to an activating group) is 1. The maximum atomic E-state index is 7.06. The zero-order chi connectivity index (χ0) is 24.9. The number of hydrogen-bond acceptors (Lipinski definition) is 2. The molecular formula is C31H34BrNOSi. The SMILES string of the molecule is CN(CCO[Si](c1ccccc1)(c1ccccc1)C(C)(C)C)c1ccc(-c2ccc(Br)cc2)cc1. The Morgan fingerprint density at radius 2 is 1.14 bits per heavy atom. The molecule has 4 aromatic carbocycles. The van der Waals surface area contributed by atoms with E-state index in [-0.39, 0.29) is 5.04 Å². The van der Waals surface area contributed by atoms with Gasteiger partial charge in [-0.25, -0.2) is 0 Å². The van der Waals surface area contributed by atoms with Gasteiger partial charge in [0.1, 0.15) is 0 Å². The molecule has 0 heterocycles. The topological polar surface area (TPSA) is 12.5 Å². The van der Waals surface area contributed by atoms with E-state index in [0.29, 0.717) is 6.61 Å². The molecule has 0 atom stereocenters. The first-order valence-electron chi connectivity index (χ1n) is 12.1. The van der Waals surface area contributed by atoms with Crippen LogP contribution in [0.4, 0.5) is 5.69 Å². The molecule has 0 amide bonds. The third kappa shape index (κ3) is 5.61. The van der Waals surface area contributed by atoms with Crippen molar-refractivity contribution in [2.75, 3.05) is 25.1 Å². The van der Waals surface area contributed by atoms with E-state index >= 15 is 0 Å². The minimum absolute atomic E-state index is 0.0133. The highest BCUT2D eigenvalue weighted by atomic mass is 79.9. The molecule has 0 aliphatic rings. The van der Waals surface area contributed by atoms with Crippen molar-refractivity contribution in [3.63, 3.8) is 0 Å². The normalized spacial score (nSPS) is 11.9. The molecule has 0 N–H and O–H groups in total. The Hall–Kier alpha value is -2.66. The summed E-state index contributed by atoms with van der Waals surface area (Å²) in [5.41, 5.74) is 3.63. The third-order valence-corrected chi connectivity index (χ3v) is 12.2. The van der Waals surface area contributed by atoms with Gasteiger partial charge in [0.2, 0.25) is 0 Å². The van der Waals surface area contributed by atoms with Crippen molar-refractivity contribution >= 4 is 40.3 Å². The average Bonchev–Trinajstić information content (AvgIpc) is 2.87. The molecule has 0 spiro atoms. The van der Waals surface area contributed by atoms with Crippen molar-refractivity contribution in [2.45, 2.75) is 25.8 Å². The summed E-state index contributed by atoms with van der Waals surface area (Å²) >= 11 is 3.51. The summed E-state index contributed by atoms with van der Waals surface area (Å²) in [5, 5.41) is 2.63. The summed E-state index contributed by atoms with van der Waals surface area (Å²) < 4.78 is 8.15. The van der Waals surface area contributed by atoms with Crippen LogP contribution in [0.5, 0.6) is 0 Å². The van der Waals surface area contributed by atoms with Gasteiger partial charge in [0.05, 0.1) is 6.61 Å². The Balaban J connectivity index is 1.53. The maximum absolute atomic E-state index is 7.06. The molecule has 0 saturated heterocycles. The van der Waals surface area contributed by atoms with E-state index in [1.165, 1.54) is 27.2 Å². The van der Waals surface area contributed by atoms with Crippen LogP contribution >= 0.6 is 15.9 Å². The van der Waals surface area contributed by atoms with Gasteiger partial charge in [-0.1, -0.05) is 122 Å². The van der Waals surface area contributed by atoms with Gasteiger partial charge in [0.15, 0.2) is 0 Å². The Morgan fingerprint density at radius 1 is 0.686 bits per heavy atom. The molecule has 4 heteroatoms. The number of halogens is 1. The summed E-state index contributed by atoms with van der Waals surface area (Å²) in [7, 11) is -0.363. The van der Waals surface area contributed by atoms with Crippen molar-refractivity contribution < 1.29 is 4.43 Å². The minimum Gasteiger partial charge on any atom is -0.406 e. The summed E-state index contributed by atoms with van der Waals surface area (Å²) in [6, 6.07) is 38.9. The van der Waals surface area contributed by atoms with Crippen molar-refractivity contribution in [3.05, 3.63) is 114 Å². The lowest BCUT2D eigenvalue weighted by atomic mass is 10.1. The van der Waals surface area contributed by atoms with E-state index in [1.807, 2.05) is 0 Å². The smallest absolute Gasteiger partial charge is 0.261 e. The second-order valence-corrected chi connectivity index (χ2v) is 15.2. The van der Waals surface area contributed by atoms with Crippen LogP contribution in [0.2, 0.25) is 5.04 Å². The van der Waals surface area contributed by atoms with Gasteiger partial charge in [-0.15, -0.1) is 0 Å². The van der Waals surface area contributed by atoms with Crippen LogP contribution in [0, 0.1) is 0 Å². The lowest BCUT2D eigenvalue weighted by Crippen LogP contribution is -2.67. The van der Waals surface area contributed by atoms with Crippen molar-refractivity contribution in [3.8, 4) is 11.1 Å². The Labute approximate surface area is 219 Å². The van der Waals surface area contributed by atoms with Crippen LogP contribution in [-0.2, 0) is 4.43 Å². The fourth-order valence-electron chi connectivity index (χ4n) is 4.78. The lowest BCUT2D eigenvalue weighted by molar-refractivity contribution is 0.306. The largest absolute Gasteiger partial charge is 0.406 e. The van der Waals surface area contributed by atoms with E-state index < -0.39 is 8.32 Å². The Morgan fingerprint density at radius 3 is 1.60 bits per heavy atom. The standard InChI is InChI=1S/C31H34BrNOSi/c1-31(2,3)35(29-11-7-5-8-12-29,30-13-9-6-10-14-30)34-24-23-33(4)28-21-17-26(18-22-28)25-15-19-27(32)20-16-25/h5-22H,23-24H2,1-4H3. The Kier molecular flexibility index (Phi) is 7.95. The molecule has 0 aliphatic heterocycles. The monoisotopic (exact) mass is 543 g/mol. The van der Waals surface area contributed by atoms with Gasteiger partial charge < -0.3 is 9.33 Å². The van der Waals surface area contributed by atoms with E-state index in [2.05, 4.69) is 158 Å². The van der Waals surface area contributed by atoms with Gasteiger partial charge in [-0.05, 0) is 50.8 Å². The summed E-state index contributed by atoms with van der Waals surface area (Å²) in [5.74, 6) is 0. The molecule has 0 fully saturated rings. The van der Waals surface area contributed by atoms with E-state index in [1.54, 1.807) is 0 Å². The van der Waals surface area contributed by atoms with Gasteiger partial charge in [0, 0.05) is 23.8 Å².